The van der Waals surface area contributed by atoms with Crippen LogP contribution in [0.2, 0.25) is 0 Å². The Morgan fingerprint density at radius 2 is 0.842 bits per heavy atom. The maximum Gasteiger partial charge on any atom is 0.235 e. The van der Waals surface area contributed by atoms with Gasteiger partial charge in [-0.05, 0) is 36.4 Å². The van der Waals surface area contributed by atoms with Gasteiger partial charge < -0.3 is 29.3 Å². The van der Waals surface area contributed by atoms with Crippen LogP contribution in [0.15, 0.2) is 115 Å². The van der Waals surface area contributed by atoms with Gasteiger partial charge in [-0.15, -0.1) is 0 Å². The van der Waals surface area contributed by atoms with E-state index in [1.165, 1.54) is 36.4 Å². The van der Waals surface area contributed by atoms with Crippen LogP contribution in [-0.2, 0) is 0 Å². The minimum Gasteiger partial charge on any atom is -0.508 e. The lowest BCUT2D eigenvalue weighted by Crippen LogP contribution is -2.02. The van der Waals surface area contributed by atoms with Crippen molar-refractivity contribution in [1.29, 1.82) is 0 Å². The molecule has 0 atom stereocenters. The number of phenols is 2. The lowest BCUT2D eigenvalue weighted by Gasteiger charge is -2.05. The van der Waals surface area contributed by atoms with Crippen LogP contribution < -0.4 is 10.9 Å². The van der Waals surface area contributed by atoms with E-state index in [0.29, 0.717) is 22.3 Å². The molecular formula is C30H20O8. The first-order chi connectivity index (χ1) is 18.3. The summed E-state index contributed by atoms with van der Waals surface area (Å²) in [5.41, 5.74) is 0.755. The van der Waals surface area contributed by atoms with Crippen LogP contribution in [-0.4, -0.2) is 20.4 Å². The van der Waals surface area contributed by atoms with Crippen LogP contribution in [0.1, 0.15) is 0 Å². The molecule has 2 heterocycles. The van der Waals surface area contributed by atoms with E-state index >= 15 is 0 Å². The normalized spacial score (nSPS) is 10.7. The summed E-state index contributed by atoms with van der Waals surface area (Å²) >= 11 is 0. The molecule has 0 bridgehead atoms. The van der Waals surface area contributed by atoms with E-state index < -0.39 is 22.4 Å². The fraction of sp³-hybridized carbons (Fsp3) is 0. The second-order valence-corrected chi connectivity index (χ2v) is 8.31. The highest BCUT2D eigenvalue weighted by atomic mass is 16.4. The maximum absolute atomic E-state index is 12.1. The Bertz CT molecular complexity index is 1750. The molecule has 2 aromatic heterocycles. The first-order valence-electron chi connectivity index (χ1n) is 11.4. The molecule has 0 aliphatic rings. The van der Waals surface area contributed by atoms with E-state index in [4.69, 9.17) is 8.83 Å². The van der Waals surface area contributed by atoms with E-state index in [-0.39, 0.29) is 33.8 Å². The SMILES string of the molecule is O=c1c(O)c(-c2ccccc2)oc2ccc(O)cc12.O=c1c(O)c(-c2ccccc2)oc2ccc(O)cc12. The van der Waals surface area contributed by atoms with Gasteiger partial charge in [-0.1, -0.05) is 60.7 Å². The van der Waals surface area contributed by atoms with Gasteiger partial charge in [0.25, 0.3) is 0 Å². The average Bonchev–Trinajstić information content (AvgIpc) is 2.94. The van der Waals surface area contributed by atoms with Gasteiger partial charge >= 0.3 is 0 Å². The minimum atomic E-state index is -0.559. The maximum atomic E-state index is 12.1. The van der Waals surface area contributed by atoms with E-state index in [1.54, 1.807) is 48.5 Å². The topological polar surface area (TPSA) is 141 Å². The summed E-state index contributed by atoms with van der Waals surface area (Å²) in [4.78, 5) is 24.1. The molecule has 0 aliphatic carbocycles. The molecule has 4 aromatic carbocycles. The van der Waals surface area contributed by atoms with Gasteiger partial charge in [-0.3, -0.25) is 9.59 Å². The molecule has 0 saturated heterocycles. The van der Waals surface area contributed by atoms with Crippen LogP contribution in [0, 0.1) is 0 Å². The molecule has 6 aromatic rings. The van der Waals surface area contributed by atoms with Gasteiger partial charge in [0.15, 0.2) is 11.5 Å². The fourth-order valence-electron chi connectivity index (χ4n) is 3.92. The van der Waals surface area contributed by atoms with Crippen molar-refractivity contribution >= 4 is 21.9 Å². The Morgan fingerprint density at radius 3 is 1.21 bits per heavy atom. The molecule has 0 aliphatic heterocycles. The lowest BCUT2D eigenvalue weighted by molar-refractivity contribution is 0.448. The Hall–Kier alpha value is -5.50. The van der Waals surface area contributed by atoms with Crippen LogP contribution in [0.3, 0.4) is 0 Å². The quantitative estimate of drug-likeness (QED) is 0.232. The Kier molecular flexibility index (Phi) is 6.28. The minimum absolute atomic E-state index is 0.0494. The standard InChI is InChI=1S/2C15H10O4/c2*16-10-6-7-12-11(8-10)13(17)14(18)15(19-12)9-4-2-1-3-5-9/h2*1-8,16,18H. The molecule has 0 spiro atoms. The predicted octanol–water partition coefficient (Wildman–Crippen LogP) is 5.74. The largest absolute Gasteiger partial charge is 0.508 e. The molecule has 8 heteroatoms. The third kappa shape index (κ3) is 4.54. The van der Waals surface area contributed by atoms with Crippen molar-refractivity contribution in [2.45, 2.75) is 0 Å². The average molecular weight is 508 g/mol. The Balaban J connectivity index is 0.000000155. The van der Waals surface area contributed by atoms with E-state index in [9.17, 15) is 30.0 Å². The molecule has 4 N–H and O–H groups in total. The molecule has 0 fully saturated rings. The summed E-state index contributed by atoms with van der Waals surface area (Å²) in [7, 11) is 0. The van der Waals surface area contributed by atoms with Crippen molar-refractivity contribution < 1.29 is 29.3 Å². The number of rotatable bonds is 2. The van der Waals surface area contributed by atoms with Gasteiger partial charge in [-0.25, -0.2) is 0 Å². The molecule has 188 valence electrons. The zero-order valence-corrected chi connectivity index (χ0v) is 19.7. The zero-order valence-electron chi connectivity index (χ0n) is 19.7. The van der Waals surface area contributed by atoms with Crippen LogP contribution in [0.5, 0.6) is 23.0 Å². The third-order valence-electron chi connectivity index (χ3n) is 5.77. The first kappa shape index (κ1) is 24.2. The number of hydrogen-bond acceptors (Lipinski definition) is 8. The molecule has 6 rings (SSSR count). The van der Waals surface area contributed by atoms with E-state index in [1.807, 2.05) is 12.1 Å². The van der Waals surface area contributed by atoms with Crippen LogP contribution in [0.4, 0.5) is 0 Å². The molecule has 0 radical (unpaired) electrons. The molecule has 0 unspecified atom stereocenters. The number of hydrogen-bond donors (Lipinski definition) is 4. The number of phenolic OH excluding ortho intramolecular Hbond substituents is 2. The van der Waals surface area contributed by atoms with E-state index in [2.05, 4.69) is 0 Å². The number of benzene rings is 4. The first-order valence-corrected chi connectivity index (χ1v) is 11.4. The smallest absolute Gasteiger partial charge is 0.235 e. The van der Waals surface area contributed by atoms with Crippen molar-refractivity contribution in [2.75, 3.05) is 0 Å². The van der Waals surface area contributed by atoms with Crippen molar-refractivity contribution in [2.24, 2.45) is 0 Å². The van der Waals surface area contributed by atoms with Gasteiger partial charge in [0.2, 0.25) is 22.4 Å². The summed E-state index contributed by atoms with van der Waals surface area (Å²) in [6.45, 7) is 0. The van der Waals surface area contributed by atoms with Crippen LogP contribution >= 0.6 is 0 Å². The molecule has 0 amide bonds. The zero-order chi connectivity index (χ0) is 26.8. The third-order valence-corrected chi connectivity index (χ3v) is 5.77. The molecular weight excluding hydrogens is 488 g/mol. The monoisotopic (exact) mass is 508 g/mol. The summed E-state index contributed by atoms with van der Waals surface area (Å²) in [6, 6.07) is 26.2. The van der Waals surface area contributed by atoms with Crippen molar-refractivity contribution in [3.05, 3.63) is 118 Å². The highest BCUT2D eigenvalue weighted by Crippen LogP contribution is 2.32. The summed E-state index contributed by atoms with van der Waals surface area (Å²) in [6.07, 6.45) is 0. The Labute approximate surface area is 214 Å². The second-order valence-electron chi connectivity index (χ2n) is 8.31. The predicted molar refractivity (Wildman–Crippen MR) is 142 cm³/mol. The fourth-order valence-corrected chi connectivity index (χ4v) is 3.92. The number of fused-ring (bicyclic) bond motifs is 2. The Morgan fingerprint density at radius 1 is 0.474 bits per heavy atom. The van der Waals surface area contributed by atoms with Gasteiger partial charge in [0.05, 0.1) is 10.8 Å². The van der Waals surface area contributed by atoms with Gasteiger partial charge in [0, 0.05) is 11.1 Å². The summed E-state index contributed by atoms with van der Waals surface area (Å²) < 4.78 is 11.1. The molecule has 8 nitrogen and oxygen atoms in total. The molecule has 38 heavy (non-hydrogen) atoms. The van der Waals surface area contributed by atoms with Crippen molar-refractivity contribution in [3.63, 3.8) is 0 Å². The van der Waals surface area contributed by atoms with E-state index in [0.717, 1.165) is 0 Å². The van der Waals surface area contributed by atoms with Crippen molar-refractivity contribution in [1.82, 2.24) is 0 Å². The van der Waals surface area contributed by atoms with Gasteiger partial charge in [-0.2, -0.15) is 0 Å². The highest BCUT2D eigenvalue weighted by molar-refractivity contribution is 5.84. The highest BCUT2D eigenvalue weighted by Gasteiger charge is 2.16. The second kappa shape index (κ2) is 9.87. The molecule has 0 saturated carbocycles. The van der Waals surface area contributed by atoms with Gasteiger partial charge in [0.1, 0.15) is 22.7 Å². The number of aromatic hydroxyl groups is 4. The van der Waals surface area contributed by atoms with Crippen LogP contribution in [0.25, 0.3) is 44.6 Å². The lowest BCUT2D eigenvalue weighted by atomic mass is 10.1. The summed E-state index contributed by atoms with van der Waals surface area (Å²) in [5, 5.41) is 38.9. The summed E-state index contributed by atoms with van der Waals surface area (Å²) in [5.74, 6) is -0.750. The van der Waals surface area contributed by atoms with Crippen molar-refractivity contribution in [3.8, 4) is 45.6 Å².